The molecule has 3 aromatic rings. The van der Waals surface area contributed by atoms with Gasteiger partial charge in [0.15, 0.2) is 0 Å². The summed E-state index contributed by atoms with van der Waals surface area (Å²) in [7, 11) is 1.57. The average molecular weight is 340 g/mol. The van der Waals surface area contributed by atoms with Crippen molar-refractivity contribution in [3.8, 4) is 11.4 Å². The van der Waals surface area contributed by atoms with E-state index in [2.05, 4.69) is 20.8 Å². The van der Waals surface area contributed by atoms with Gasteiger partial charge in [-0.2, -0.15) is 4.98 Å². The second kappa shape index (κ2) is 7.12. The summed E-state index contributed by atoms with van der Waals surface area (Å²) < 4.78 is 18.8. The topological polar surface area (TPSA) is 80.0 Å². The molecule has 0 aliphatic rings. The average Bonchev–Trinajstić information content (AvgIpc) is 3.11. The number of amides is 1. The van der Waals surface area contributed by atoms with Crippen molar-refractivity contribution in [3.05, 3.63) is 65.3 Å². The maximum absolute atomic E-state index is 13.7. The Morgan fingerprint density at radius 1 is 1.24 bits per heavy atom. The van der Waals surface area contributed by atoms with Gasteiger partial charge in [-0.05, 0) is 30.7 Å². The van der Waals surface area contributed by atoms with Crippen LogP contribution in [-0.2, 0) is 6.54 Å². The molecular formula is C18H17FN4O2. The molecule has 0 bridgehead atoms. The van der Waals surface area contributed by atoms with Crippen molar-refractivity contribution in [1.82, 2.24) is 15.5 Å². The van der Waals surface area contributed by atoms with Crippen molar-refractivity contribution in [1.29, 1.82) is 0 Å². The summed E-state index contributed by atoms with van der Waals surface area (Å²) in [5.74, 6) is 0.143. The van der Waals surface area contributed by atoms with Crippen LogP contribution in [0.25, 0.3) is 11.4 Å². The molecule has 0 saturated heterocycles. The van der Waals surface area contributed by atoms with Crippen LogP contribution in [0, 0.1) is 12.7 Å². The summed E-state index contributed by atoms with van der Waals surface area (Å²) in [4.78, 5) is 16.1. The Kier molecular flexibility index (Phi) is 4.74. The Labute approximate surface area is 144 Å². The van der Waals surface area contributed by atoms with Crippen LogP contribution in [0.1, 0.15) is 21.8 Å². The molecule has 0 aliphatic heterocycles. The van der Waals surface area contributed by atoms with Crippen LogP contribution in [0.5, 0.6) is 0 Å². The maximum atomic E-state index is 13.7. The zero-order chi connectivity index (χ0) is 17.8. The Balaban J connectivity index is 1.74. The van der Waals surface area contributed by atoms with Gasteiger partial charge in [0.25, 0.3) is 5.91 Å². The van der Waals surface area contributed by atoms with Gasteiger partial charge >= 0.3 is 0 Å². The fourth-order valence-electron chi connectivity index (χ4n) is 2.32. The normalized spacial score (nSPS) is 10.5. The molecule has 1 heterocycles. The Hall–Kier alpha value is -3.22. The van der Waals surface area contributed by atoms with Crippen LogP contribution in [0.3, 0.4) is 0 Å². The van der Waals surface area contributed by atoms with E-state index in [4.69, 9.17) is 4.52 Å². The highest BCUT2D eigenvalue weighted by atomic mass is 19.1. The van der Waals surface area contributed by atoms with E-state index in [1.54, 1.807) is 44.3 Å². The van der Waals surface area contributed by atoms with E-state index >= 15 is 0 Å². The number of nitrogens with zero attached hydrogens (tertiary/aromatic N) is 2. The van der Waals surface area contributed by atoms with Crippen LogP contribution in [0.4, 0.5) is 10.1 Å². The van der Waals surface area contributed by atoms with E-state index in [1.165, 1.54) is 6.07 Å². The molecule has 2 N–H and O–H groups in total. The first-order valence-corrected chi connectivity index (χ1v) is 7.72. The number of hydrogen-bond acceptors (Lipinski definition) is 5. The number of aryl methyl sites for hydroxylation is 1. The molecule has 0 unspecified atom stereocenters. The van der Waals surface area contributed by atoms with Crippen LogP contribution in [0.15, 0.2) is 47.0 Å². The van der Waals surface area contributed by atoms with Crippen LogP contribution in [-0.4, -0.2) is 23.1 Å². The Bertz CT molecular complexity index is 908. The summed E-state index contributed by atoms with van der Waals surface area (Å²) in [6, 6.07) is 11.9. The van der Waals surface area contributed by atoms with Crippen molar-refractivity contribution >= 4 is 11.6 Å². The van der Waals surface area contributed by atoms with E-state index in [0.29, 0.717) is 34.1 Å². The Morgan fingerprint density at radius 3 is 2.80 bits per heavy atom. The minimum absolute atomic E-state index is 0.190. The number of carbonyl (C=O) groups is 1. The fraction of sp³-hybridized carbons (Fsp3) is 0.167. The quantitative estimate of drug-likeness (QED) is 0.746. The van der Waals surface area contributed by atoms with Gasteiger partial charge in [0.1, 0.15) is 5.82 Å². The summed E-state index contributed by atoms with van der Waals surface area (Å²) in [6.45, 7) is 1.93. The van der Waals surface area contributed by atoms with Gasteiger partial charge in [-0.3, -0.25) is 4.79 Å². The molecular weight excluding hydrogens is 323 g/mol. The lowest BCUT2D eigenvalue weighted by molar-refractivity contribution is 0.0964. The third-order valence-corrected chi connectivity index (χ3v) is 3.73. The second-order valence-corrected chi connectivity index (χ2v) is 5.45. The SMILES string of the molecule is CNC(=O)c1ccccc1NCc1nc(-c2ccc(C)c(F)c2)no1. The molecule has 1 aromatic heterocycles. The van der Waals surface area contributed by atoms with Gasteiger partial charge in [-0.1, -0.05) is 29.4 Å². The first kappa shape index (κ1) is 16.6. The molecule has 3 rings (SSSR count). The second-order valence-electron chi connectivity index (χ2n) is 5.45. The van der Waals surface area contributed by atoms with Crippen molar-refractivity contribution in [2.75, 3.05) is 12.4 Å². The highest BCUT2D eigenvalue weighted by Gasteiger charge is 2.12. The smallest absolute Gasteiger partial charge is 0.253 e. The zero-order valence-electron chi connectivity index (χ0n) is 13.8. The molecule has 0 aliphatic carbocycles. The zero-order valence-corrected chi connectivity index (χ0v) is 13.8. The summed E-state index contributed by atoms with van der Waals surface area (Å²) in [5, 5.41) is 9.56. The molecule has 2 aromatic carbocycles. The molecule has 1 amide bonds. The number of halogens is 1. The lowest BCUT2D eigenvalue weighted by Crippen LogP contribution is -2.19. The number of rotatable bonds is 5. The number of benzene rings is 2. The van der Waals surface area contributed by atoms with Gasteiger partial charge in [-0.15, -0.1) is 0 Å². The highest BCUT2D eigenvalue weighted by Crippen LogP contribution is 2.20. The van der Waals surface area contributed by atoms with Gasteiger partial charge in [-0.25, -0.2) is 4.39 Å². The lowest BCUT2D eigenvalue weighted by Gasteiger charge is -2.09. The van der Waals surface area contributed by atoms with Crippen molar-refractivity contribution < 1.29 is 13.7 Å². The summed E-state index contributed by atoms with van der Waals surface area (Å²) in [5.41, 5.74) is 2.28. The first-order chi connectivity index (χ1) is 12.1. The number of carbonyl (C=O) groups excluding carboxylic acids is 1. The van der Waals surface area contributed by atoms with Crippen LogP contribution >= 0.6 is 0 Å². The maximum Gasteiger partial charge on any atom is 0.253 e. The van der Waals surface area contributed by atoms with E-state index in [-0.39, 0.29) is 18.3 Å². The molecule has 0 saturated carbocycles. The molecule has 0 fully saturated rings. The molecule has 128 valence electrons. The molecule has 25 heavy (non-hydrogen) atoms. The third-order valence-electron chi connectivity index (χ3n) is 3.73. The predicted octanol–water partition coefficient (Wildman–Crippen LogP) is 3.16. The fourth-order valence-corrected chi connectivity index (χ4v) is 2.32. The standard InChI is InChI=1S/C18H17FN4O2/c1-11-7-8-12(9-14(11)19)17-22-16(25-23-17)10-21-15-6-4-3-5-13(15)18(24)20-2/h3-9,21H,10H2,1-2H3,(H,20,24). The van der Waals surface area contributed by atoms with Crippen LogP contribution in [0.2, 0.25) is 0 Å². The Morgan fingerprint density at radius 2 is 2.04 bits per heavy atom. The van der Waals surface area contributed by atoms with Gasteiger partial charge in [0.05, 0.1) is 12.1 Å². The van der Waals surface area contributed by atoms with Gasteiger partial charge in [0, 0.05) is 18.3 Å². The van der Waals surface area contributed by atoms with E-state index in [0.717, 1.165) is 0 Å². The van der Waals surface area contributed by atoms with Crippen molar-refractivity contribution in [2.24, 2.45) is 0 Å². The van der Waals surface area contributed by atoms with Crippen molar-refractivity contribution in [2.45, 2.75) is 13.5 Å². The third kappa shape index (κ3) is 3.65. The van der Waals surface area contributed by atoms with E-state index in [1.807, 2.05) is 6.07 Å². The molecule has 7 heteroatoms. The molecule has 6 nitrogen and oxygen atoms in total. The van der Waals surface area contributed by atoms with Crippen molar-refractivity contribution in [3.63, 3.8) is 0 Å². The monoisotopic (exact) mass is 340 g/mol. The number of nitrogens with one attached hydrogen (secondary N) is 2. The number of anilines is 1. The number of aromatic nitrogens is 2. The van der Waals surface area contributed by atoms with E-state index < -0.39 is 0 Å². The molecule has 0 atom stereocenters. The number of para-hydroxylation sites is 1. The minimum atomic E-state index is -0.318. The van der Waals surface area contributed by atoms with Gasteiger partial charge < -0.3 is 15.2 Å². The van der Waals surface area contributed by atoms with Crippen LogP contribution < -0.4 is 10.6 Å². The summed E-state index contributed by atoms with van der Waals surface area (Å²) >= 11 is 0. The lowest BCUT2D eigenvalue weighted by atomic mass is 10.1. The molecule has 0 radical (unpaired) electrons. The van der Waals surface area contributed by atoms with Gasteiger partial charge in [0.2, 0.25) is 11.7 Å². The predicted molar refractivity (Wildman–Crippen MR) is 91.6 cm³/mol. The van der Waals surface area contributed by atoms with E-state index in [9.17, 15) is 9.18 Å². The first-order valence-electron chi connectivity index (χ1n) is 7.72. The minimum Gasteiger partial charge on any atom is -0.375 e. The number of hydrogen-bond donors (Lipinski definition) is 2. The molecule has 0 spiro atoms. The summed E-state index contributed by atoms with van der Waals surface area (Å²) in [6.07, 6.45) is 0. The largest absolute Gasteiger partial charge is 0.375 e. The highest BCUT2D eigenvalue weighted by molar-refractivity contribution is 5.99.